The van der Waals surface area contributed by atoms with E-state index >= 15 is 0 Å². The van der Waals surface area contributed by atoms with E-state index in [4.69, 9.17) is 9.47 Å². The Hall–Kier alpha value is -2.86. The van der Waals surface area contributed by atoms with Crippen LogP contribution in [0.2, 0.25) is 0 Å². The lowest BCUT2D eigenvalue weighted by Crippen LogP contribution is -2.60. The Balaban J connectivity index is 1.63. The highest BCUT2D eigenvalue weighted by atomic mass is 16.6. The van der Waals surface area contributed by atoms with Crippen molar-refractivity contribution in [2.24, 2.45) is 0 Å². The second-order valence-electron chi connectivity index (χ2n) is 7.12. The molecule has 0 radical (unpaired) electrons. The third-order valence-corrected chi connectivity index (χ3v) is 5.28. The predicted octanol–water partition coefficient (Wildman–Crippen LogP) is 3.56. The highest BCUT2D eigenvalue weighted by molar-refractivity contribution is 5.88. The van der Waals surface area contributed by atoms with Crippen LogP contribution < -0.4 is 5.32 Å². The fourth-order valence-corrected chi connectivity index (χ4v) is 3.94. The number of cyclic esters (lactones) is 1. The van der Waals surface area contributed by atoms with Gasteiger partial charge in [-0.25, -0.2) is 4.79 Å². The monoisotopic (exact) mass is 380 g/mol. The van der Waals surface area contributed by atoms with Gasteiger partial charge in [0.05, 0.1) is 12.1 Å². The highest BCUT2D eigenvalue weighted by Crippen LogP contribution is 2.35. The van der Waals surface area contributed by atoms with Crippen LogP contribution in [0.15, 0.2) is 60.7 Å². The van der Waals surface area contributed by atoms with E-state index in [1.807, 2.05) is 67.6 Å². The minimum Gasteiger partial charge on any atom is -0.447 e. The number of nitrogens with one attached hydrogen (secondary N) is 1. The molecule has 0 bridgehead atoms. The van der Waals surface area contributed by atoms with Gasteiger partial charge in [0, 0.05) is 5.56 Å². The van der Waals surface area contributed by atoms with Gasteiger partial charge in [-0.2, -0.15) is 0 Å². The molecule has 146 valence electrons. The molecule has 6 nitrogen and oxygen atoms in total. The smallest absolute Gasteiger partial charge is 0.411 e. The molecule has 1 N–H and O–H groups in total. The lowest BCUT2D eigenvalue weighted by molar-refractivity contribution is -0.157. The molecule has 2 saturated heterocycles. The molecule has 2 fully saturated rings. The fraction of sp³-hybridized carbons (Fsp3) is 0.364. The minimum atomic E-state index is -0.722. The lowest BCUT2D eigenvalue weighted by atomic mass is 9.97. The molecule has 0 saturated carbocycles. The van der Waals surface area contributed by atoms with Gasteiger partial charge in [-0.15, -0.1) is 0 Å². The van der Waals surface area contributed by atoms with Crippen LogP contribution in [0.1, 0.15) is 43.2 Å². The van der Waals surface area contributed by atoms with Gasteiger partial charge in [0.15, 0.2) is 6.23 Å². The molecule has 2 heterocycles. The van der Waals surface area contributed by atoms with Gasteiger partial charge in [-0.1, -0.05) is 74.0 Å². The van der Waals surface area contributed by atoms with E-state index in [0.717, 1.165) is 17.5 Å². The Morgan fingerprint density at radius 2 is 1.64 bits per heavy atom. The lowest BCUT2D eigenvalue weighted by Gasteiger charge is -2.41. The fourth-order valence-electron chi connectivity index (χ4n) is 3.94. The molecule has 2 aliphatic rings. The molecule has 2 aromatic rings. The quantitative estimate of drug-likeness (QED) is 0.861. The van der Waals surface area contributed by atoms with Crippen LogP contribution in [-0.4, -0.2) is 35.7 Å². The molecule has 0 aromatic heterocycles. The van der Waals surface area contributed by atoms with Crippen molar-refractivity contribution in [1.82, 2.24) is 10.2 Å². The number of amides is 2. The van der Waals surface area contributed by atoms with Crippen molar-refractivity contribution in [3.63, 3.8) is 0 Å². The van der Waals surface area contributed by atoms with E-state index in [1.165, 1.54) is 0 Å². The first-order valence-corrected chi connectivity index (χ1v) is 9.70. The van der Waals surface area contributed by atoms with Crippen molar-refractivity contribution < 1.29 is 19.1 Å². The Morgan fingerprint density at radius 3 is 2.29 bits per heavy atom. The maximum absolute atomic E-state index is 13.1. The van der Waals surface area contributed by atoms with Gasteiger partial charge in [-0.3, -0.25) is 9.69 Å². The second kappa shape index (κ2) is 8.02. The summed E-state index contributed by atoms with van der Waals surface area (Å²) < 4.78 is 11.6. The number of hydrogen-bond donors (Lipinski definition) is 1. The van der Waals surface area contributed by atoms with Crippen molar-refractivity contribution in [2.75, 3.05) is 6.61 Å². The van der Waals surface area contributed by atoms with E-state index in [9.17, 15) is 9.59 Å². The number of carbonyl (C=O) groups is 2. The predicted molar refractivity (Wildman–Crippen MR) is 103 cm³/mol. The normalized spacial score (nSPS) is 27.4. The molecular formula is C22H24N2O4. The molecule has 6 heteroatoms. The number of nitrogens with zero attached hydrogens (tertiary/aromatic N) is 1. The zero-order valence-electron chi connectivity index (χ0n) is 15.8. The number of carbonyl (C=O) groups excluding carboxylic acids is 2. The van der Waals surface area contributed by atoms with E-state index in [-0.39, 0.29) is 18.6 Å². The summed E-state index contributed by atoms with van der Waals surface area (Å²) in [5, 5.41) is 2.93. The summed E-state index contributed by atoms with van der Waals surface area (Å²) in [5.74, 6) is -0.210. The minimum absolute atomic E-state index is 0.210. The van der Waals surface area contributed by atoms with Crippen LogP contribution >= 0.6 is 0 Å². The molecular weight excluding hydrogens is 356 g/mol. The summed E-state index contributed by atoms with van der Waals surface area (Å²) >= 11 is 0. The van der Waals surface area contributed by atoms with Gasteiger partial charge in [0.25, 0.3) is 0 Å². The van der Waals surface area contributed by atoms with E-state index in [1.54, 1.807) is 4.90 Å². The third kappa shape index (κ3) is 3.47. The molecule has 0 spiro atoms. The molecule has 4 atom stereocenters. The molecule has 2 aliphatic heterocycles. The van der Waals surface area contributed by atoms with Gasteiger partial charge < -0.3 is 14.8 Å². The molecule has 0 unspecified atom stereocenters. The van der Waals surface area contributed by atoms with Crippen molar-refractivity contribution in [3.8, 4) is 0 Å². The van der Waals surface area contributed by atoms with Gasteiger partial charge in [0.2, 0.25) is 5.91 Å². The summed E-state index contributed by atoms with van der Waals surface area (Å²) in [4.78, 5) is 27.3. The van der Waals surface area contributed by atoms with Crippen LogP contribution in [-0.2, 0) is 14.3 Å². The van der Waals surface area contributed by atoms with E-state index in [0.29, 0.717) is 6.42 Å². The van der Waals surface area contributed by atoms with Crippen LogP contribution in [0.5, 0.6) is 0 Å². The number of rotatable bonds is 5. The molecule has 2 aromatic carbocycles. The molecule has 0 aliphatic carbocycles. The number of hydrogen-bond acceptors (Lipinski definition) is 4. The van der Waals surface area contributed by atoms with Crippen molar-refractivity contribution in [1.29, 1.82) is 0 Å². The SMILES string of the molecule is CCC[C@@H]1O[C@H](c2ccccc2)NC(=O)[C@@H]1N1C(=O)OC[C@@H]1c1ccccc1. The van der Waals surface area contributed by atoms with Gasteiger partial charge in [0.1, 0.15) is 12.6 Å². The topological polar surface area (TPSA) is 67.9 Å². The molecule has 2 amide bonds. The maximum atomic E-state index is 13.1. The summed E-state index contributed by atoms with van der Waals surface area (Å²) in [6.45, 7) is 2.27. The Labute approximate surface area is 164 Å². The van der Waals surface area contributed by atoms with Gasteiger partial charge in [-0.05, 0) is 12.0 Å². The largest absolute Gasteiger partial charge is 0.447 e. The van der Waals surface area contributed by atoms with Crippen LogP contribution in [0.25, 0.3) is 0 Å². The number of benzene rings is 2. The zero-order chi connectivity index (χ0) is 19.5. The van der Waals surface area contributed by atoms with Crippen LogP contribution in [0.4, 0.5) is 4.79 Å². The summed E-state index contributed by atoms with van der Waals surface area (Å²) in [6, 6.07) is 18.2. The highest BCUT2D eigenvalue weighted by Gasteiger charge is 2.49. The Kier molecular flexibility index (Phi) is 5.30. The standard InChI is InChI=1S/C22H24N2O4/c1-2-9-18-19(20(25)23-21(28-18)16-12-7-4-8-13-16)24-17(14-27-22(24)26)15-10-5-3-6-11-15/h3-8,10-13,17-19,21H,2,9,14H2,1H3,(H,23,25)/t17-,18+,19-,21-/m1/s1. The van der Waals surface area contributed by atoms with E-state index < -0.39 is 24.5 Å². The maximum Gasteiger partial charge on any atom is 0.411 e. The summed E-state index contributed by atoms with van der Waals surface area (Å²) in [5.41, 5.74) is 1.83. The first kappa shape index (κ1) is 18.5. The average Bonchev–Trinajstić information content (AvgIpc) is 3.10. The van der Waals surface area contributed by atoms with Crippen molar-refractivity contribution >= 4 is 12.0 Å². The van der Waals surface area contributed by atoms with Crippen molar-refractivity contribution in [2.45, 2.75) is 44.2 Å². The molecule has 4 rings (SSSR count). The Bertz CT molecular complexity index is 827. The van der Waals surface area contributed by atoms with Gasteiger partial charge >= 0.3 is 6.09 Å². The first-order chi connectivity index (χ1) is 13.7. The Morgan fingerprint density at radius 1 is 1.00 bits per heavy atom. The second-order valence-corrected chi connectivity index (χ2v) is 7.12. The summed E-state index contributed by atoms with van der Waals surface area (Å²) in [6.07, 6.45) is 0.120. The third-order valence-electron chi connectivity index (χ3n) is 5.28. The van der Waals surface area contributed by atoms with Crippen LogP contribution in [0.3, 0.4) is 0 Å². The van der Waals surface area contributed by atoms with Crippen molar-refractivity contribution in [3.05, 3.63) is 71.8 Å². The number of ether oxygens (including phenoxy) is 2. The average molecular weight is 380 g/mol. The zero-order valence-corrected chi connectivity index (χ0v) is 15.8. The first-order valence-electron chi connectivity index (χ1n) is 9.70. The van der Waals surface area contributed by atoms with Crippen LogP contribution in [0, 0.1) is 0 Å². The van der Waals surface area contributed by atoms with E-state index in [2.05, 4.69) is 5.32 Å². The molecule has 28 heavy (non-hydrogen) atoms. The summed E-state index contributed by atoms with van der Waals surface area (Å²) in [7, 11) is 0.